The summed E-state index contributed by atoms with van der Waals surface area (Å²) in [5, 5.41) is 0. The van der Waals surface area contributed by atoms with Gasteiger partial charge in [-0.05, 0) is 71.7 Å². The number of imidazole rings is 1. The molecule has 0 aliphatic carbocycles. The average molecular weight is 458 g/mol. The summed E-state index contributed by atoms with van der Waals surface area (Å²) in [5.41, 5.74) is 1.72. The standard InChI is InChI=1S/C22H21BrFN3O2/c1-22(2)21(28)26(12-14-4-10-17(29-3)11-5-14)13-18-25-19(20(23)27(18)22)15-6-8-16(24)9-7-15/h4-11H,12-13H2,1-3H3. The molecule has 0 saturated heterocycles. The van der Waals surface area contributed by atoms with Crippen LogP contribution in [0.2, 0.25) is 0 Å². The molecule has 29 heavy (non-hydrogen) atoms. The molecular formula is C22H21BrFN3O2. The number of nitrogens with zero attached hydrogens (tertiary/aromatic N) is 3. The molecule has 5 nitrogen and oxygen atoms in total. The normalized spacial score (nSPS) is 15.3. The zero-order valence-corrected chi connectivity index (χ0v) is 18.0. The van der Waals surface area contributed by atoms with E-state index in [1.165, 1.54) is 12.1 Å². The van der Waals surface area contributed by atoms with Gasteiger partial charge in [0.15, 0.2) is 0 Å². The second-order valence-electron chi connectivity index (χ2n) is 7.58. The molecule has 2 aromatic carbocycles. The number of rotatable bonds is 4. The number of hydrogen-bond donors (Lipinski definition) is 0. The Morgan fingerprint density at radius 2 is 1.79 bits per heavy atom. The van der Waals surface area contributed by atoms with Crippen molar-refractivity contribution in [1.29, 1.82) is 0 Å². The van der Waals surface area contributed by atoms with Crippen molar-refractivity contribution in [2.45, 2.75) is 32.5 Å². The van der Waals surface area contributed by atoms with Crippen LogP contribution >= 0.6 is 15.9 Å². The molecule has 0 saturated carbocycles. The largest absolute Gasteiger partial charge is 0.497 e. The Morgan fingerprint density at radius 1 is 1.14 bits per heavy atom. The maximum Gasteiger partial charge on any atom is 0.249 e. The summed E-state index contributed by atoms with van der Waals surface area (Å²) in [6.45, 7) is 4.66. The second-order valence-corrected chi connectivity index (χ2v) is 8.33. The summed E-state index contributed by atoms with van der Waals surface area (Å²) in [7, 11) is 1.63. The van der Waals surface area contributed by atoms with Crippen molar-refractivity contribution in [3.63, 3.8) is 0 Å². The van der Waals surface area contributed by atoms with Crippen LogP contribution in [0.15, 0.2) is 53.1 Å². The van der Waals surface area contributed by atoms with Crippen molar-refractivity contribution >= 4 is 21.8 Å². The van der Waals surface area contributed by atoms with Gasteiger partial charge < -0.3 is 14.2 Å². The molecule has 0 N–H and O–H groups in total. The molecule has 0 bridgehead atoms. The third-order valence-corrected chi connectivity index (χ3v) is 5.97. The molecule has 1 aliphatic heterocycles. The molecule has 150 valence electrons. The maximum atomic E-state index is 13.3. The Labute approximate surface area is 177 Å². The predicted molar refractivity (Wildman–Crippen MR) is 112 cm³/mol. The van der Waals surface area contributed by atoms with Gasteiger partial charge in [-0.25, -0.2) is 9.37 Å². The summed E-state index contributed by atoms with van der Waals surface area (Å²) in [6.07, 6.45) is 0. The number of amides is 1. The SMILES string of the molecule is COc1ccc(CN2Cc3nc(-c4ccc(F)cc4)c(Br)n3C(C)(C)C2=O)cc1. The fourth-order valence-corrected chi connectivity index (χ4v) is 4.68. The van der Waals surface area contributed by atoms with Crippen LogP contribution in [0.1, 0.15) is 25.2 Å². The van der Waals surface area contributed by atoms with Gasteiger partial charge in [0.1, 0.15) is 33.2 Å². The predicted octanol–water partition coefficient (Wildman–Crippen LogP) is 4.74. The lowest BCUT2D eigenvalue weighted by Gasteiger charge is -2.39. The Hall–Kier alpha value is -2.67. The molecule has 1 aromatic heterocycles. The lowest BCUT2D eigenvalue weighted by atomic mass is 9.99. The first-order valence-electron chi connectivity index (χ1n) is 9.27. The first-order chi connectivity index (χ1) is 13.8. The van der Waals surface area contributed by atoms with Gasteiger partial charge >= 0.3 is 0 Å². The molecule has 1 aliphatic rings. The van der Waals surface area contributed by atoms with Crippen LogP contribution in [0.25, 0.3) is 11.3 Å². The molecular weight excluding hydrogens is 437 g/mol. The Balaban J connectivity index is 1.69. The van der Waals surface area contributed by atoms with Crippen LogP contribution < -0.4 is 4.74 Å². The van der Waals surface area contributed by atoms with Crippen molar-refractivity contribution in [3.05, 3.63) is 70.3 Å². The van der Waals surface area contributed by atoms with Crippen LogP contribution in [-0.4, -0.2) is 27.5 Å². The van der Waals surface area contributed by atoms with E-state index in [4.69, 9.17) is 9.72 Å². The minimum Gasteiger partial charge on any atom is -0.497 e. The number of benzene rings is 2. The summed E-state index contributed by atoms with van der Waals surface area (Å²) >= 11 is 3.62. The van der Waals surface area contributed by atoms with E-state index in [0.29, 0.717) is 18.8 Å². The van der Waals surface area contributed by atoms with E-state index in [0.717, 1.165) is 27.3 Å². The van der Waals surface area contributed by atoms with Crippen molar-refractivity contribution in [2.24, 2.45) is 0 Å². The van der Waals surface area contributed by atoms with E-state index < -0.39 is 5.54 Å². The van der Waals surface area contributed by atoms with Gasteiger partial charge in [0.25, 0.3) is 0 Å². The molecule has 7 heteroatoms. The zero-order chi connectivity index (χ0) is 20.8. The average Bonchev–Trinajstić information content (AvgIpc) is 3.04. The second kappa shape index (κ2) is 7.30. The van der Waals surface area contributed by atoms with Gasteiger partial charge in [-0.15, -0.1) is 0 Å². The third-order valence-electron chi connectivity index (χ3n) is 5.24. The van der Waals surface area contributed by atoms with E-state index in [2.05, 4.69) is 15.9 Å². The smallest absolute Gasteiger partial charge is 0.249 e. The lowest BCUT2D eigenvalue weighted by molar-refractivity contribution is -0.143. The fourth-order valence-electron chi connectivity index (χ4n) is 3.71. The molecule has 0 radical (unpaired) electrons. The van der Waals surface area contributed by atoms with Gasteiger partial charge in [0.05, 0.1) is 13.7 Å². The van der Waals surface area contributed by atoms with Gasteiger partial charge in [-0.1, -0.05) is 12.1 Å². The van der Waals surface area contributed by atoms with Gasteiger partial charge in [0.2, 0.25) is 5.91 Å². The Bertz CT molecular complexity index is 1060. The zero-order valence-electron chi connectivity index (χ0n) is 16.4. The molecule has 0 unspecified atom stereocenters. The van der Waals surface area contributed by atoms with E-state index in [1.54, 1.807) is 19.2 Å². The number of hydrogen-bond acceptors (Lipinski definition) is 3. The number of aromatic nitrogens is 2. The molecule has 0 spiro atoms. The summed E-state index contributed by atoms with van der Waals surface area (Å²) in [4.78, 5) is 19.9. The summed E-state index contributed by atoms with van der Waals surface area (Å²) < 4.78 is 21.2. The number of halogens is 2. The number of carbonyl (C=O) groups excluding carboxylic acids is 1. The van der Waals surface area contributed by atoms with Crippen molar-refractivity contribution in [1.82, 2.24) is 14.5 Å². The number of carbonyl (C=O) groups is 1. The van der Waals surface area contributed by atoms with Crippen LogP contribution in [0.4, 0.5) is 4.39 Å². The van der Waals surface area contributed by atoms with E-state index in [1.807, 2.05) is 47.6 Å². The van der Waals surface area contributed by atoms with Crippen LogP contribution in [0, 0.1) is 5.82 Å². The van der Waals surface area contributed by atoms with Gasteiger partial charge in [-0.2, -0.15) is 0 Å². The maximum absolute atomic E-state index is 13.3. The quantitative estimate of drug-likeness (QED) is 0.568. The highest BCUT2D eigenvalue weighted by atomic mass is 79.9. The number of fused-ring (bicyclic) bond motifs is 1. The van der Waals surface area contributed by atoms with E-state index in [-0.39, 0.29) is 11.7 Å². The van der Waals surface area contributed by atoms with Crippen LogP contribution in [0.3, 0.4) is 0 Å². The van der Waals surface area contributed by atoms with Crippen LogP contribution in [-0.2, 0) is 23.4 Å². The highest BCUT2D eigenvalue weighted by Crippen LogP contribution is 2.38. The lowest BCUT2D eigenvalue weighted by Crippen LogP contribution is -2.51. The molecule has 1 amide bonds. The molecule has 4 rings (SSSR count). The molecule has 0 fully saturated rings. The Kier molecular flexibility index (Phi) is 4.94. The minimum absolute atomic E-state index is 0.0181. The fraction of sp³-hybridized carbons (Fsp3) is 0.273. The highest BCUT2D eigenvalue weighted by Gasteiger charge is 2.42. The first-order valence-corrected chi connectivity index (χ1v) is 10.1. The summed E-state index contributed by atoms with van der Waals surface area (Å²) in [5.74, 6) is 1.29. The van der Waals surface area contributed by atoms with Gasteiger partial charge in [-0.3, -0.25) is 4.79 Å². The van der Waals surface area contributed by atoms with Crippen molar-refractivity contribution in [2.75, 3.05) is 7.11 Å². The molecule has 3 aromatic rings. The minimum atomic E-state index is -0.801. The van der Waals surface area contributed by atoms with E-state index >= 15 is 0 Å². The Morgan fingerprint density at radius 3 is 2.41 bits per heavy atom. The monoisotopic (exact) mass is 457 g/mol. The third kappa shape index (κ3) is 3.44. The first kappa shape index (κ1) is 19.6. The van der Waals surface area contributed by atoms with Crippen LogP contribution in [0.5, 0.6) is 5.75 Å². The number of methoxy groups -OCH3 is 1. The van der Waals surface area contributed by atoms with Gasteiger partial charge in [0, 0.05) is 12.1 Å². The number of ether oxygens (including phenoxy) is 1. The van der Waals surface area contributed by atoms with E-state index in [9.17, 15) is 9.18 Å². The molecule has 0 atom stereocenters. The topological polar surface area (TPSA) is 47.4 Å². The van der Waals surface area contributed by atoms with Crippen molar-refractivity contribution < 1.29 is 13.9 Å². The summed E-state index contributed by atoms with van der Waals surface area (Å²) in [6, 6.07) is 13.9. The highest BCUT2D eigenvalue weighted by molar-refractivity contribution is 9.10. The molecule has 2 heterocycles. The van der Waals surface area contributed by atoms with Crippen molar-refractivity contribution in [3.8, 4) is 17.0 Å².